The van der Waals surface area contributed by atoms with Crippen LogP contribution in [-0.4, -0.2) is 16.4 Å². The van der Waals surface area contributed by atoms with Crippen LogP contribution in [0.25, 0.3) is 72.0 Å². The van der Waals surface area contributed by atoms with Gasteiger partial charge in [-0.25, -0.2) is 4.90 Å². The largest absolute Gasteiger partial charge is 0.308 e. The molecule has 8 aromatic carbocycles. The van der Waals surface area contributed by atoms with Crippen molar-refractivity contribution >= 4 is 39.3 Å². The van der Waals surface area contributed by atoms with E-state index in [0.29, 0.717) is 22.5 Å². The van der Waals surface area contributed by atoms with Crippen LogP contribution in [0.2, 0.25) is 0 Å². The molecule has 278 valence electrons. The predicted molar refractivity (Wildman–Crippen MR) is 239 cm³/mol. The number of imide groups is 1. The number of carbonyl (C=O) groups is 2. The standard InChI is InChI=1S/C54H40N2O2/c1-33-18-22-44(35(3)26-33)39-20-24-49-47(31-39)48-32-40(45-23-19-34(2)27-36(45)4)21-25-50(48)56(49)51-17-11-16-46-52(51)54(58)55(53(46)57)43-29-41(37-12-7-5-8-13-37)28-42(30-43)38-14-9-6-10-15-38/h5-32H,1-4H3. The molecule has 0 radical (unpaired) electrons. The number of aryl methyl sites for hydroxylation is 4. The Kier molecular flexibility index (Phi) is 8.31. The first kappa shape index (κ1) is 35.1. The zero-order chi connectivity index (χ0) is 39.7. The molecule has 0 fully saturated rings. The molecule has 1 aliphatic heterocycles. The van der Waals surface area contributed by atoms with Gasteiger partial charge in [0, 0.05) is 10.8 Å². The number of hydrogen-bond acceptors (Lipinski definition) is 2. The monoisotopic (exact) mass is 748 g/mol. The average molecular weight is 749 g/mol. The van der Waals surface area contributed by atoms with Gasteiger partial charge in [0.15, 0.2) is 0 Å². The van der Waals surface area contributed by atoms with Crippen LogP contribution in [0.5, 0.6) is 0 Å². The van der Waals surface area contributed by atoms with Crippen molar-refractivity contribution < 1.29 is 9.59 Å². The van der Waals surface area contributed by atoms with Crippen LogP contribution in [-0.2, 0) is 0 Å². The highest BCUT2D eigenvalue weighted by Crippen LogP contribution is 2.42. The molecule has 0 aliphatic carbocycles. The van der Waals surface area contributed by atoms with E-state index in [1.165, 1.54) is 38.3 Å². The number of fused-ring (bicyclic) bond motifs is 4. The van der Waals surface area contributed by atoms with Gasteiger partial charge in [0.05, 0.1) is 33.5 Å². The molecule has 0 saturated carbocycles. The minimum absolute atomic E-state index is 0.332. The molecule has 0 bridgehead atoms. The summed E-state index contributed by atoms with van der Waals surface area (Å²) in [5, 5.41) is 2.15. The molecule has 0 spiro atoms. The number of carbonyl (C=O) groups excluding carboxylic acids is 2. The fourth-order valence-electron chi connectivity index (χ4n) is 8.92. The third kappa shape index (κ3) is 5.76. The van der Waals surface area contributed by atoms with Gasteiger partial charge in [0.2, 0.25) is 0 Å². The first-order valence-corrected chi connectivity index (χ1v) is 19.7. The highest BCUT2D eigenvalue weighted by Gasteiger charge is 2.39. The molecule has 4 heteroatoms. The van der Waals surface area contributed by atoms with Gasteiger partial charge in [0.25, 0.3) is 11.8 Å². The first-order chi connectivity index (χ1) is 28.2. The number of rotatable bonds is 6. The second-order valence-electron chi connectivity index (χ2n) is 15.6. The van der Waals surface area contributed by atoms with Crippen LogP contribution in [0.3, 0.4) is 0 Å². The van der Waals surface area contributed by atoms with Gasteiger partial charge in [0.1, 0.15) is 0 Å². The summed E-state index contributed by atoms with van der Waals surface area (Å²) in [6.07, 6.45) is 0. The summed E-state index contributed by atoms with van der Waals surface area (Å²) in [4.78, 5) is 30.9. The molecule has 9 aromatic rings. The van der Waals surface area contributed by atoms with Crippen molar-refractivity contribution in [2.75, 3.05) is 4.90 Å². The molecule has 58 heavy (non-hydrogen) atoms. The Hall–Kier alpha value is -7.30. The Morgan fingerprint density at radius 3 is 1.40 bits per heavy atom. The lowest BCUT2D eigenvalue weighted by Gasteiger charge is -2.18. The molecule has 2 heterocycles. The molecule has 0 atom stereocenters. The van der Waals surface area contributed by atoms with E-state index < -0.39 is 0 Å². The quantitative estimate of drug-likeness (QED) is 0.159. The molecular weight excluding hydrogens is 709 g/mol. The van der Waals surface area contributed by atoms with Gasteiger partial charge in [-0.2, -0.15) is 0 Å². The lowest BCUT2D eigenvalue weighted by Crippen LogP contribution is -2.29. The SMILES string of the molecule is Cc1ccc(-c2ccc3c(c2)c2cc(-c4ccc(C)cc4C)ccc2n3-c2cccc3c2C(=O)N(c2cc(-c4ccccc4)cc(-c4ccccc4)c2)C3=O)c(C)c1. The minimum atomic E-state index is -0.339. The van der Waals surface area contributed by atoms with E-state index in [1.54, 1.807) is 6.07 Å². The molecular formula is C54H40N2O2. The fourth-order valence-corrected chi connectivity index (χ4v) is 8.92. The summed E-state index contributed by atoms with van der Waals surface area (Å²) in [7, 11) is 0. The Morgan fingerprint density at radius 2 is 0.897 bits per heavy atom. The number of aromatic nitrogens is 1. The van der Waals surface area contributed by atoms with Gasteiger partial charge in [-0.1, -0.05) is 126 Å². The molecule has 1 aliphatic rings. The van der Waals surface area contributed by atoms with Crippen molar-refractivity contribution in [3.8, 4) is 50.2 Å². The molecule has 4 nitrogen and oxygen atoms in total. The van der Waals surface area contributed by atoms with E-state index in [1.807, 2.05) is 84.9 Å². The molecule has 0 saturated heterocycles. The van der Waals surface area contributed by atoms with Crippen molar-refractivity contribution in [1.29, 1.82) is 0 Å². The number of nitrogens with zero attached hydrogens (tertiary/aromatic N) is 2. The third-order valence-corrected chi connectivity index (χ3v) is 11.7. The minimum Gasteiger partial charge on any atom is -0.308 e. The Balaban J connectivity index is 1.17. The Morgan fingerprint density at radius 1 is 0.379 bits per heavy atom. The second-order valence-corrected chi connectivity index (χ2v) is 15.6. The van der Waals surface area contributed by atoms with Crippen molar-refractivity contribution in [3.63, 3.8) is 0 Å². The summed E-state index contributed by atoms with van der Waals surface area (Å²) in [5.41, 5.74) is 17.3. The van der Waals surface area contributed by atoms with Gasteiger partial charge >= 0.3 is 0 Å². The summed E-state index contributed by atoms with van der Waals surface area (Å²) in [6.45, 7) is 8.56. The zero-order valence-electron chi connectivity index (χ0n) is 32.9. The summed E-state index contributed by atoms with van der Waals surface area (Å²) < 4.78 is 2.17. The fraction of sp³-hybridized carbons (Fsp3) is 0.0741. The molecule has 0 N–H and O–H groups in total. The topological polar surface area (TPSA) is 42.3 Å². The third-order valence-electron chi connectivity index (χ3n) is 11.7. The van der Waals surface area contributed by atoms with E-state index in [0.717, 1.165) is 55.2 Å². The van der Waals surface area contributed by atoms with Crippen LogP contribution in [0.1, 0.15) is 43.0 Å². The van der Waals surface area contributed by atoms with Crippen molar-refractivity contribution in [3.05, 3.63) is 203 Å². The number of amides is 2. The van der Waals surface area contributed by atoms with Gasteiger partial charge < -0.3 is 4.57 Å². The highest BCUT2D eigenvalue weighted by molar-refractivity contribution is 6.36. The lowest BCUT2D eigenvalue weighted by molar-refractivity contribution is 0.0926. The van der Waals surface area contributed by atoms with Crippen LogP contribution in [0.4, 0.5) is 5.69 Å². The van der Waals surface area contributed by atoms with E-state index >= 15 is 0 Å². The molecule has 0 unspecified atom stereocenters. The van der Waals surface area contributed by atoms with Crippen LogP contribution in [0.15, 0.2) is 170 Å². The lowest BCUT2D eigenvalue weighted by atomic mass is 9.95. The van der Waals surface area contributed by atoms with Gasteiger partial charge in [-0.3, -0.25) is 9.59 Å². The number of hydrogen-bond donors (Lipinski definition) is 0. The maximum Gasteiger partial charge on any atom is 0.268 e. The summed E-state index contributed by atoms with van der Waals surface area (Å²) in [6, 6.07) is 58.2. The average Bonchev–Trinajstić information content (AvgIpc) is 3.70. The van der Waals surface area contributed by atoms with Crippen LogP contribution in [0, 0.1) is 27.7 Å². The van der Waals surface area contributed by atoms with E-state index in [4.69, 9.17) is 0 Å². The van der Waals surface area contributed by atoms with E-state index in [-0.39, 0.29) is 11.8 Å². The maximum absolute atomic E-state index is 15.0. The van der Waals surface area contributed by atoms with E-state index in [2.05, 4.69) is 111 Å². The van der Waals surface area contributed by atoms with Crippen LogP contribution >= 0.6 is 0 Å². The van der Waals surface area contributed by atoms with Gasteiger partial charge in [-0.15, -0.1) is 0 Å². The smallest absolute Gasteiger partial charge is 0.268 e. The molecule has 2 amide bonds. The number of anilines is 1. The number of benzene rings is 8. The van der Waals surface area contributed by atoms with Gasteiger partial charge in [-0.05, 0) is 138 Å². The normalized spacial score (nSPS) is 12.5. The summed E-state index contributed by atoms with van der Waals surface area (Å²) in [5.74, 6) is -0.672. The van der Waals surface area contributed by atoms with Crippen LogP contribution < -0.4 is 4.90 Å². The first-order valence-electron chi connectivity index (χ1n) is 19.7. The Labute approximate surface area is 338 Å². The zero-order valence-corrected chi connectivity index (χ0v) is 32.9. The highest BCUT2D eigenvalue weighted by atomic mass is 16.2. The van der Waals surface area contributed by atoms with Crippen molar-refractivity contribution in [2.24, 2.45) is 0 Å². The molecule has 10 rings (SSSR count). The van der Waals surface area contributed by atoms with E-state index in [9.17, 15) is 9.59 Å². The van der Waals surface area contributed by atoms with Crippen molar-refractivity contribution in [2.45, 2.75) is 27.7 Å². The summed E-state index contributed by atoms with van der Waals surface area (Å²) >= 11 is 0. The second kappa shape index (κ2) is 13.7. The Bertz CT molecular complexity index is 2970. The van der Waals surface area contributed by atoms with Crippen molar-refractivity contribution in [1.82, 2.24) is 4.57 Å². The maximum atomic E-state index is 15.0. The predicted octanol–water partition coefficient (Wildman–Crippen LogP) is 13.5. The molecule has 1 aromatic heterocycles.